The Bertz CT molecular complexity index is 915. The average Bonchev–Trinajstić information content (AvgIpc) is 3.09. The van der Waals surface area contributed by atoms with Crippen LogP contribution in [0.25, 0.3) is 17.4 Å². The zero-order valence-corrected chi connectivity index (χ0v) is 14.3. The van der Waals surface area contributed by atoms with E-state index < -0.39 is 0 Å². The molecule has 1 amide bonds. The van der Waals surface area contributed by atoms with Crippen LogP contribution in [0.5, 0.6) is 5.75 Å². The summed E-state index contributed by atoms with van der Waals surface area (Å²) < 4.78 is 10.9. The minimum Gasteiger partial charge on any atom is -0.495 e. The fraction of sp³-hybridized carbons (Fsp3) is 0.0500. The van der Waals surface area contributed by atoms with Crippen molar-refractivity contribution in [3.8, 4) is 17.1 Å². The highest BCUT2D eigenvalue weighted by Crippen LogP contribution is 2.29. The molecule has 2 aromatic carbocycles. The fourth-order valence-corrected chi connectivity index (χ4v) is 2.56. The molecule has 5 heteroatoms. The molecule has 25 heavy (non-hydrogen) atoms. The van der Waals surface area contributed by atoms with Crippen molar-refractivity contribution >= 4 is 29.3 Å². The Balaban J connectivity index is 1.70. The predicted molar refractivity (Wildman–Crippen MR) is 99.8 cm³/mol. The zero-order valence-electron chi connectivity index (χ0n) is 13.5. The first-order valence-electron chi connectivity index (χ1n) is 7.64. The normalized spacial score (nSPS) is 10.8. The summed E-state index contributed by atoms with van der Waals surface area (Å²) in [6.45, 7) is 0. The van der Waals surface area contributed by atoms with E-state index in [4.69, 9.17) is 20.8 Å². The second-order valence-electron chi connectivity index (χ2n) is 5.20. The van der Waals surface area contributed by atoms with Crippen molar-refractivity contribution in [3.63, 3.8) is 0 Å². The lowest BCUT2D eigenvalue weighted by Crippen LogP contribution is -2.08. The molecule has 1 N–H and O–H groups in total. The second kappa shape index (κ2) is 7.73. The number of ether oxygens (including phenoxy) is 1. The lowest BCUT2D eigenvalue weighted by atomic mass is 10.2. The van der Waals surface area contributed by atoms with Gasteiger partial charge >= 0.3 is 0 Å². The van der Waals surface area contributed by atoms with E-state index in [2.05, 4.69) is 5.32 Å². The molecule has 0 spiro atoms. The maximum atomic E-state index is 12.1. The Morgan fingerprint density at radius 2 is 1.84 bits per heavy atom. The minimum absolute atomic E-state index is 0.278. The second-order valence-corrected chi connectivity index (χ2v) is 5.61. The molecule has 0 bridgehead atoms. The summed E-state index contributed by atoms with van der Waals surface area (Å²) in [7, 11) is 1.56. The van der Waals surface area contributed by atoms with Crippen LogP contribution in [0, 0.1) is 0 Å². The van der Waals surface area contributed by atoms with Gasteiger partial charge in [0, 0.05) is 11.6 Å². The maximum Gasteiger partial charge on any atom is 0.248 e. The van der Waals surface area contributed by atoms with Crippen LogP contribution < -0.4 is 10.1 Å². The molecule has 0 saturated carbocycles. The molecule has 0 unspecified atom stereocenters. The van der Waals surface area contributed by atoms with E-state index in [0.717, 1.165) is 5.56 Å². The molecule has 3 rings (SSSR count). The van der Waals surface area contributed by atoms with Gasteiger partial charge in [0.25, 0.3) is 0 Å². The molecule has 0 saturated heterocycles. The number of benzene rings is 2. The SMILES string of the molecule is COc1ccccc1NC(=O)/C=C/c1ccc(-c2ccccc2Cl)o1. The molecular weight excluding hydrogens is 338 g/mol. The van der Waals surface area contributed by atoms with E-state index in [0.29, 0.717) is 28.0 Å². The van der Waals surface area contributed by atoms with E-state index in [1.165, 1.54) is 6.08 Å². The van der Waals surface area contributed by atoms with Crippen molar-refractivity contribution in [1.29, 1.82) is 0 Å². The average molecular weight is 354 g/mol. The van der Waals surface area contributed by atoms with Gasteiger partial charge < -0.3 is 14.5 Å². The van der Waals surface area contributed by atoms with E-state index in [1.54, 1.807) is 37.5 Å². The number of methoxy groups -OCH3 is 1. The summed E-state index contributed by atoms with van der Waals surface area (Å²) in [5.74, 6) is 1.53. The largest absolute Gasteiger partial charge is 0.495 e. The molecule has 0 atom stereocenters. The van der Waals surface area contributed by atoms with Crippen molar-refractivity contribution in [2.24, 2.45) is 0 Å². The van der Waals surface area contributed by atoms with Gasteiger partial charge in [-0.3, -0.25) is 4.79 Å². The number of carbonyl (C=O) groups is 1. The summed E-state index contributed by atoms with van der Waals surface area (Å²) in [5.41, 5.74) is 1.41. The van der Waals surface area contributed by atoms with Crippen LogP contribution in [0.2, 0.25) is 5.02 Å². The summed E-state index contributed by atoms with van der Waals surface area (Å²) in [6, 6.07) is 18.2. The number of halogens is 1. The van der Waals surface area contributed by atoms with Gasteiger partial charge in [0.2, 0.25) is 5.91 Å². The lowest BCUT2D eigenvalue weighted by Gasteiger charge is -2.07. The van der Waals surface area contributed by atoms with Crippen LogP contribution in [0.1, 0.15) is 5.76 Å². The first-order chi connectivity index (χ1) is 12.2. The Morgan fingerprint density at radius 3 is 2.64 bits per heavy atom. The summed E-state index contributed by atoms with van der Waals surface area (Å²) >= 11 is 6.16. The number of anilines is 1. The molecule has 1 aromatic heterocycles. The summed E-state index contributed by atoms with van der Waals surface area (Å²) in [4.78, 5) is 12.1. The van der Waals surface area contributed by atoms with Gasteiger partial charge in [-0.25, -0.2) is 0 Å². The first kappa shape index (κ1) is 16.9. The van der Waals surface area contributed by atoms with Crippen LogP contribution in [0.3, 0.4) is 0 Å². The number of furan rings is 1. The third-order valence-corrected chi connectivity index (χ3v) is 3.86. The van der Waals surface area contributed by atoms with Crippen LogP contribution in [0.15, 0.2) is 71.2 Å². The Kier molecular flexibility index (Phi) is 5.21. The third kappa shape index (κ3) is 4.11. The van der Waals surface area contributed by atoms with Crippen molar-refractivity contribution in [3.05, 3.63) is 77.5 Å². The van der Waals surface area contributed by atoms with Gasteiger partial charge in [0.05, 0.1) is 17.8 Å². The predicted octanol–water partition coefficient (Wildman–Crippen LogP) is 5.26. The van der Waals surface area contributed by atoms with E-state index in [9.17, 15) is 4.79 Å². The number of carbonyl (C=O) groups excluding carboxylic acids is 1. The lowest BCUT2D eigenvalue weighted by molar-refractivity contribution is -0.111. The molecule has 0 fully saturated rings. The van der Waals surface area contributed by atoms with E-state index in [1.807, 2.05) is 36.4 Å². The molecule has 0 radical (unpaired) electrons. The van der Waals surface area contributed by atoms with Crippen LogP contribution in [0.4, 0.5) is 5.69 Å². The van der Waals surface area contributed by atoms with Crippen LogP contribution in [-0.4, -0.2) is 13.0 Å². The van der Waals surface area contributed by atoms with Crippen molar-refractivity contribution in [1.82, 2.24) is 0 Å². The monoisotopic (exact) mass is 353 g/mol. The van der Waals surface area contributed by atoms with Gasteiger partial charge in [-0.2, -0.15) is 0 Å². The number of nitrogens with one attached hydrogen (secondary N) is 1. The zero-order chi connectivity index (χ0) is 17.6. The Labute approximate surface area is 150 Å². The fourth-order valence-electron chi connectivity index (χ4n) is 2.33. The molecule has 1 heterocycles. The van der Waals surface area contributed by atoms with Gasteiger partial charge in [0.15, 0.2) is 0 Å². The highest BCUT2D eigenvalue weighted by molar-refractivity contribution is 6.33. The number of amides is 1. The third-order valence-electron chi connectivity index (χ3n) is 3.53. The van der Waals surface area contributed by atoms with Crippen LogP contribution in [-0.2, 0) is 4.79 Å². The standard InChI is InChI=1S/C20H16ClNO3/c1-24-19-9-5-4-8-17(19)22-20(23)13-11-14-10-12-18(25-14)15-6-2-3-7-16(15)21/h2-13H,1H3,(H,22,23)/b13-11+. The molecule has 0 aliphatic heterocycles. The molecule has 0 aliphatic carbocycles. The molecule has 0 aliphatic rings. The van der Waals surface area contributed by atoms with E-state index >= 15 is 0 Å². The molecule has 4 nitrogen and oxygen atoms in total. The topological polar surface area (TPSA) is 51.5 Å². The van der Waals surface area contributed by atoms with Crippen molar-refractivity contribution in [2.75, 3.05) is 12.4 Å². The molecule has 126 valence electrons. The molecule has 3 aromatic rings. The van der Waals surface area contributed by atoms with E-state index in [-0.39, 0.29) is 5.91 Å². The first-order valence-corrected chi connectivity index (χ1v) is 8.02. The van der Waals surface area contributed by atoms with Gasteiger partial charge in [-0.1, -0.05) is 35.9 Å². The summed E-state index contributed by atoms with van der Waals surface area (Å²) in [6.07, 6.45) is 3.01. The maximum absolute atomic E-state index is 12.1. The van der Waals surface area contributed by atoms with Crippen LogP contribution >= 0.6 is 11.6 Å². The number of hydrogen-bond donors (Lipinski definition) is 1. The molecular formula is C20H16ClNO3. The number of rotatable bonds is 5. The number of hydrogen-bond acceptors (Lipinski definition) is 3. The Hall–Kier alpha value is -2.98. The summed E-state index contributed by atoms with van der Waals surface area (Å²) in [5, 5.41) is 3.38. The highest BCUT2D eigenvalue weighted by Gasteiger charge is 2.07. The quantitative estimate of drug-likeness (QED) is 0.636. The minimum atomic E-state index is -0.278. The van der Waals surface area contributed by atoms with Gasteiger partial charge in [-0.15, -0.1) is 0 Å². The van der Waals surface area contributed by atoms with Gasteiger partial charge in [0.1, 0.15) is 17.3 Å². The highest BCUT2D eigenvalue weighted by atomic mass is 35.5. The Morgan fingerprint density at radius 1 is 1.08 bits per heavy atom. The van der Waals surface area contributed by atoms with Gasteiger partial charge in [-0.05, 0) is 42.5 Å². The number of para-hydroxylation sites is 2. The van der Waals surface area contributed by atoms with Crippen molar-refractivity contribution < 1.29 is 13.9 Å². The van der Waals surface area contributed by atoms with Crippen molar-refractivity contribution in [2.45, 2.75) is 0 Å². The smallest absolute Gasteiger partial charge is 0.248 e.